The van der Waals surface area contributed by atoms with Crippen LogP contribution in [0.25, 0.3) is 0 Å². The zero-order chi connectivity index (χ0) is 15.0. The van der Waals surface area contributed by atoms with Crippen LogP contribution in [0.5, 0.6) is 0 Å². The maximum atomic E-state index is 6.43. The fourth-order valence-electron chi connectivity index (χ4n) is 2.39. The lowest BCUT2D eigenvalue weighted by molar-refractivity contribution is 0.569. The van der Waals surface area contributed by atoms with E-state index in [4.69, 9.17) is 10.7 Å². The van der Waals surface area contributed by atoms with Crippen molar-refractivity contribution in [3.8, 4) is 0 Å². The first-order chi connectivity index (χ1) is 9.93. The topological polar surface area (TPSA) is 38.9 Å². The summed E-state index contributed by atoms with van der Waals surface area (Å²) in [4.78, 5) is 7.65. The summed E-state index contributed by atoms with van der Waals surface area (Å²) in [6.07, 6.45) is 2.07. The van der Waals surface area contributed by atoms with Gasteiger partial charge in [0.05, 0.1) is 10.7 Å². The molecule has 0 radical (unpaired) electrons. The Morgan fingerprint density at radius 3 is 2.86 bits per heavy atom. The Morgan fingerprint density at radius 1 is 1.38 bits per heavy atom. The van der Waals surface area contributed by atoms with Crippen LogP contribution in [0.3, 0.4) is 0 Å². The van der Waals surface area contributed by atoms with E-state index in [0.29, 0.717) is 0 Å². The molecule has 2 nitrogen and oxygen atoms in total. The second-order valence-electron chi connectivity index (χ2n) is 6.59. The molecule has 0 amide bonds. The Labute approximate surface area is 139 Å². The van der Waals surface area contributed by atoms with E-state index >= 15 is 0 Å². The summed E-state index contributed by atoms with van der Waals surface area (Å²) >= 11 is 5.69. The Bertz CT molecular complexity index is 598. The van der Waals surface area contributed by atoms with Gasteiger partial charge in [-0.2, -0.15) is 11.8 Å². The van der Waals surface area contributed by atoms with Crippen molar-refractivity contribution in [2.24, 2.45) is 5.73 Å². The number of thioether (sulfide) groups is 1. The number of hydrogen-bond acceptors (Lipinski definition) is 5. The highest BCUT2D eigenvalue weighted by atomic mass is 32.2. The molecule has 5 heteroatoms. The van der Waals surface area contributed by atoms with E-state index in [-0.39, 0.29) is 11.5 Å². The van der Waals surface area contributed by atoms with Gasteiger partial charge in [0, 0.05) is 38.8 Å². The molecule has 2 aromatic rings. The molecule has 2 aromatic heterocycles. The lowest BCUT2D eigenvalue weighted by Crippen LogP contribution is -2.14. The fourth-order valence-corrected chi connectivity index (χ4v) is 5.85. The van der Waals surface area contributed by atoms with E-state index in [9.17, 15) is 0 Å². The number of nitrogens with zero attached hydrogens (tertiary/aromatic N) is 1. The quantitative estimate of drug-likeness (QED) is 0.893. The third-order valence-electron chi connectivity index (χ3n) is 3.73. The Balaban J connectivity index is 1.72. The summed E-state index contributed by atoms with van der Waals surface area (Å²) in [5.74, 6) is 2.41. The normalized spacial score (nSPS) is 16.8. The average molecular weight is 339 g/mol. The van der Waals surface area contributed by atoms with Gasteiger partial charge >= 0.3 is 0 Å². The van der Waals surface area contributed by atoms with Gasteiger partial charge in [0.25, 0.3) is 0 Å². The van der Waals surface area contributed by atoms with E-state index < -0.39 is 0 Å². The first-order valence-corrected chi connectivity index (χ1v) is 10.2. The monoisotopic (exact) mass is 338 g/mol. The van der Waals surface area contributed by atoms with Gasteiger partial charge in [-0.15, -0.1) is 22.7 Å². The number of fused-ring (bicyclic) bond motifs is 1. The molecule has 3 rings (SSSR count). The van der Waals surface area contributed by atoms with Crippen LogP contribution in [0.15, 0.2) is 11.4 Å². The lowest BCUT2D eigenvalue weighted by atomic mass is 9.93. The number of aryl methyl sites for hydroxylation is 1. The predicted octanol–water partition coefficient (Wildman–Crippen LogP) is 4.53. The molecule has 1 aliphatic heterocycles. The molecule has 0 bridgehead atoms. The van der Waals surface area contributed by atoms with Gasteiger partial charge in [-0.05, 0) is 23.8 Å². The van der Waals surface area contributed by atoms with E-state index in [0.717, 1.165) is 17.2 Å². The van der Waals surface area contributed by atoms with Crippen LogP contribution in [0.4, 0.5) is 0 Å². The summed E-state index contributed by atoms with van der Waals surface area (Å²) < 4.78 is 0. The molecule has 0 fully saturated rings. The Morgan fingerprint density at radius 2 is 2.19 bits per heavy atom. The molecule has 1 atom stereocenters. The van der Waals surface area contributed by atoms with Gasteiger partial charge in [-0.25, -0.2) is 4.98 Å². The van der Waals surface area contributed by atoms with Gasteiger partial charge in [-0.1, -0.05) is 20.8 Å². The van der Waals surface area contributed by atoms with Gasteiger partial charge in [0.1, 0.15) is 0 Å². The van der Waals surface area contributed by atoms with Crippen molar-refractivity contribution >= 4 is 34.4 Å². The average Bonchev–Trinajstić information content (AvgIpc) is 3.03. The molecule has 2 N–H and O–H groups in total. The van der Waals surface area contributed by atoms with Crippen LogP contribution >= 0.6 is 34.4 Å². The van der Waals surface area contributed by atoms with Crippen molar-refractivity contribution in [1.82, 2.24) is 4.98 Å². The van der Waals surface area contributed by atoms with Crippen LogP contribution in [0, 0.1) is 0 Å². The van der Waals surface area contributed by atoms with Crippen LogP contribution in [-0.2, 0) is 24.0 Å². The van der Waals surface area contributed by atoms with Gasteiger partial charge < -0.3 is 5.73 Å². The zero-order valence-corrected chi connectivity index (χ0v) is 15.3. The third-order valence-corrected chi connectivity index (χ3v) is 6.97. The number of hydrogen-bond donors (Lipinski definition) is 1. The summed E-state index contributed by atoms with van der Waals surface area (Å²) in [6, 6.07) is 2.42. The molecule has 0 saturated heterocycles. The van der Waals surface area contributed by atoms with Crippen molar-refractivity contribution in [1.29, 1.82) is 0 Å². The van der Waals surface area contributed by atoms with Gasteiger partial charge in [0.15, 0.2) is 0 Å². The largest absolute Gasteiger partial charge is 0.323 e. The first-order valence-electron chi connectivity index (χ1n) is 7.33. The SMILES string of the molecule is CC(C)(C)c1csc(CC(N)c2cc3c(s2)CCSC3)n1. The van der Waals surface area contributed by atoms with E-state index in [1.54, 1.807) is 16.2 Å². The molecule has 0 aliphatic carbocycles. The van der Waals surface area contributed by atoms with E-state index in [1.165, 1.54) is 28.3 Å². The zero-order valence-electron chi connectivity index (χ0n) is 12.8. The third kappa shape index (κ3) is 3.52. The highest BCUT2D eigenvalue weighted by Crippen LogP contribution is 2.35. The second-order valence-corrected chi connectivity index (χ2v) is 9.80. The van der Waals surface area contributed by atoms with Crippen LogP contribution in [0.1, 0.15) is 52.8 Å². The van der Waals surface area contributed by atoms with E-state index in [1.807, 2.05) is 23.1 Å². The smallest absolute Gasteiger partial charge is 0.0947 e. The molecule has 114 valence electrons. The fraction of sp³-hybridized carbons (Fsp3) is 0.562. The maximum Gasteiger partial charge on any atom is 0.0947 e. The molecule has 0 saturated carbocycles. The number of aromatic nitrogens is 1. The van der Waals surface area contributed by atoms with Crippen LogP contribution in [-0.4, -0.2) is 10.7 Å². The van der Waals surface area contributed by atoms with Gasteiger partial charge in [0.2, 0.25) is 0 Å². The molecule has 1 unspecified atom stereocenters. The van der Waals surface area contributed by atoms with E-state index in [2.05, 4.69) is 32.2 Å². The minimum absolute atomic E-state index is 0.0876. The molecule has 0 aromatic carbocycles. The number of thiazole rings is 1. The molecule has 1 aliphatic rings. The van der Waals surface area contributed by atoms with Crippen LogP contribution < -0.4 is 5.73 Å². The molecule has 3 heterocycles. The van der Waals surface area contributed by atoms with Crippen LogP contribution in [0.2, 0.25) is 0 Å². The standard InChI is InChI=1S/C16H22N2S3/c1-16(2,3)14-9-20-15(18-14)7-11(17)13-6-10-8-19-5-4-12(10)21-13/h6,9,11H,4-5,7-8,17H2,1-3H3. The number of nitrogens with two attached hydrogens (primary N) is 1. The maximum absolute atomic E-state index is 6.43. The molecule has 21 heavy (non-hydrogen) atoms. The van der Waals surface area contributed by atoms with Crippen molar-refractivity contribution in [3.63, 3.8) is 0 Å². The van der Waals surface area contributed by atoms with Gasteiger partial charge in [-0.3, -0.25) is 0 Å². The summed E-state index contributed by atoms with van der Waals surface area (Å²) in [5.41, 5.74) is 9.24. The lowest BCUT2D eigenvalue weighted by Gasteiger charge is -2.14. The first kappa shape index (κ1) is 15.5. The number of rotatable bonds is 3. The minimum Gasteiger partial charge on any atom is -0.323 e. The summed E-state index contributed by atoms with van der Waals surface area (Å²) in [5, 5.41) is 3.34. The Hall–Kier alpha value is -0.360. The number of thiophene rings is 1. The predicted molar refractivity (Wildman–Crippen MR) is 95.6 cm³/mol. The Kier molecular flexibility index (Phi) is 4.46. The highest BCUT2D eigenvalue weighted by Gasteiger charge is 2.20. The van der Waals surface area contributed by atoms with Crippen molar-refractivity contribution < 1.29 is 0 Å². The van der Waals surface area contributed by atoms with Crippen molar-refractivity contribution in [2.45, 2.75) is 50.8 Å². The molecular formula is C16H22N2S3. The van der Waals surface area contributed by atoms with Crippen molar-refractivity contribution in [3.05, 3.63) is 37.5 Å². The summed E-state index contributed by atoms with van der Waals surface area (Å²) in [6.45, 7) is 6.62. The molecular weight excluding hydrogens is 316 g/mol. The minimum atomic E-state index is 0.0876. The second kappa shape index (κ2) is 6.03. The van der Waals surface area contributed by atoms with Crippen molar-refractivity contribution in [2.75, 3.05) is 5.75 Å². The molecule has 0 spiro atoms. The summed E-state index contributed by atoms with van der Waals surface area (Å²) in [7, 11) is 0. The highest BCUT2D eigenvalue weighted by molar-refractivity contribution is 7.98.